The monoisotopic (exact) mass is 580 g/mol. The number of carbonyl (C=O) groups is 1. The van der Waals surface area contributed by atoms with Crippen LogP contribution in [0, 0.1) is 6.92 Å². The van der Waals surface area contributed by atoms with Gasteiger partial charge < -0.3 is 19.3 Å². The molecular weight excluding hydrogens is 551 g/mol. The molecule has 7 nitrogen and oxygen atoms in total. The number of nitrogens with zero attached hydrogens (tertiary/aromatic N) is 4. The summed E-state index contributed by atoms with van der Waals surface area (Å²) < 4.78 is 13.3. The minimum absolute atomic E-state index is 0.252. The van der Waals surface area contributed by atoms with Crippen molar-refractivity contribution < 1.29 is 14.3 Å². The number of anilines is 1. The molecule has 1 aromatic carbocycles. The largest absolute Gasteiger partial charge is 0.495 e. The minimum atomic E-state index is -0.485. The molecule has 0 saturated carbocycles. The molecule has 1 aliphatic heterocycles. The Morgan fingerprint density at radius 3 is 2.48 bits per heavy atom. The predicted octanol–water partition coefficient (Wildman–Crippen LogP) is 5.92. The van der Waals surface area contributed by atoms with Gasteiger partial charge in [0.15, 0.2) is 5.65 Å². The molecule has 1 amide bonds. The summed E-state index contributed by atoms with van der Waals surface area (Å²) in [4.78, 5) is 21.1. The minimum Gasteiger partial charge on any atom is -0.495 e. The van der Waals surface area contributed by atoms with Crippen molar-refractivity contribution in [1.82, 2.24) is 13.9 Å². The van der Waals surface area contributed by atoms with Crippen molar-refractivity contribution in [3.8, 4) is 16.9 Å². The van der Waals surface area contributed by atoms with E-state index in [4.69, 9.17) is 14.5 Å². The molecule has 33 heavy (non-hydrogen) atoms. The van der Waals surface area contributed by atoms with E-state index in [1.165, 1.54) is 5.56 Å². The second-order valence-corrected chi connectivity index (χ2v) is 10.9. The van der Waals surface area contributed by atoms with Crippen LogP contribution < -0.4 is 9.64 Å². The van der Waals surface area contributed by atoms with E-state index in [1.807, 2.05) is 27.0 Å². The fourth-order valence-corrected chi connectivity index (χ4v) is 5.32. The zero-order chi connectivity index (χ0) is 23.8. The van der Waals surface area contributed by atoms with Crippen LogP contribution in [-0.4, -0.2) is 58.8 Å². The fourth-order valence-electron chi connectivity index (χ4n) is 4.02. The topological polar surface area (TPSA) is 59.8 Å². The Hall–Kier alpha value is -2.14. The van der Waals surface area contributed by atoms with Gasteiger partial charge in [0, 0.05) is 79.8 Å². The number of halogens is 1. The van der Waals surface area contributed by atoms with Gasteiger partial charge in [-0.05, 0) is 57.0 Å². The lowest BCUT2D eigenvalue weighted by atomic mass is 10.0. The van der Waals surface area contributed by atoms with Crippen molar-refractivity contribution in [3.63, 3.8) is 0 Å². The average Bonchev–Trinajstić information content (AvgIpc) is 3.12. The van der Waals surface area contributed by atoms with Gasteiger partial charge in [0.1, 0.15) is 11.4 Å². The van der Waals surface area contributed by atoms with Crippen LogP contribution in [0.2, 0.25) is 0 Å². The molecule has 176 valence electrons. The number of hydrogen-bond acceptors (Lipinski definition) is 6. The van der Waals surface area contributed by atoms with Crippen molar-refractivity contribution in [2.75, 3.05) is 38.2 Å². The Morgan fingerprint density at radius 2 is 1.85 bits per heavy atom. The summed E-state index contributed by atoms with van der Waals surface area (Å²) in [7, 11) is 3.31. The third-order valence-corrected chi connectivity index (χ3v) is 7.37. The summed E-state index contributed by atoms with van der Waals surface area (Å²) in [6.07, 6.45) is 3.77. The molecule has 1 fully saturated rings. The summed E-state index contributed by atoms with van der Waals surface area (Å²) in [6, 6.07) is 8.47. The highest BCUT2D eigenvalue weighted by Gasteiger charge is 2.27. The molecule has 2 aromatic heterocycles. The highest BCUT2D eigenvalue weighted by Crippen LogP contribution is 2.35. The number of ether oxygens (including phenoxy) is 2. The number of aromatic nitrogens is 2. The average molecular weight is 580 g/mol. The SMILES string of the molecule is COc1cc(-c2cnc3c(c2)c(C)cn3SI)ccc1N1CCN(C(=O)OC(C)(C)C)CC1. The zero-order valence-corrected chi connectivity index (χ0v) is 22.6. The molecule has 0 atom stereocenters. The third kappa shape index (κ3) is 5.18. The first-order chi connectivity index (χ1) is 15.7. The number of pyridine rings is 1. The molecule has 9 heteroatoms. The van der Waals surface area contributed by atoms with Crippen molar-refractivity contribution in [2.24, 2.45) is 0 Å². The summed E-state index contributed by atoms with van der Waals surface area (Å²) in [5.74, 6) is 0.815. The first kappa shape index (κ1) is 24.0. The van der Waals surface area contributed by atoms with Gasteiger partial charge in [-0.15, -0.1) is 0 Å². The van der Waals surface area contributed by atoms with Gasteiger partial charge in [-0.25, -0.2) is 9.78 Å². The van der Waals surface area contributed by atoms with E-state index < -0.39 is 5.60 Å². The standard InChI is InChI=1S/C24H29IN4O3S/c1-16-15-29(33-25)22-19(16)12-18(14-26-22)17-6-7-20(21(13-17)31-5)27-8-10-28(11-9-27)23(30)32-24(2,3)4/h6-7,12-15H,8-11H2,1-5H3. The normalized spacial score (nSPS) is 14.6. The van der Waals surface area contributed by atoms with E-state index in [0.717, 1.165) is 46.7 Å². The fraction of sp³-hybridized carbons (Fsp3) is 0.417. The van der Waals surface area contributed by atoms with Gasteiger partial charge in [0.05, 0.1) is 12.8 Å². The van der Waals surface area contributed by atoms with Gasteiger partial charge in [-0.1, -0.05) is 6.07 Å². The van der Waals surface area contributed by atoms with Crippen LogP contribution in [0.4, 0.5) is 10.5 Å². The summed E-state index contributed by atoms with van der Waals surface area (Å²) in [6.45, 7) is 10.5. The molecule has 1 saturated heterocycles. The summed E-state index contributed by atoms with van der Waals surface area (Å²) in [5, 5.41) is 1.15. The van der Waals surface area contributed by atoms with Gasteiger partial charge in [-0.3, -0.25) is 3.97 Å². The maximum Gasteiger partial charge on any atom is 0.410 e. The molecule has 0 N–H and O–H groups in total. The van der Waals surface area contributed by atoms with Gasteiger partial charge in [0.2, 0.25) is 0 Å². The van der Waals surface area contributed by atoms with Gasteiger partial charge in [0.25, 0.3) is 0 Å². The van der Waals surface area contributed by atoms with Crippen LogP contribution in [0.1, 0.15) is 26.3 Å². The second kappa shape index (κ2) is 9.61. The first-order valence-corrected chi connectivity index (χ1v) is 14.2. The van der Waals surface area contributed by atoms with Crippen LogP contribution in [0.15, 0.2) is 36.7 Å². The van der Waals surface area contributed by atoms with Crippen molar-refractivity contribution >= 4 is 53.1 Å². The van der Waals surface area contributed by atoms with E-state index in [1.54, 1.807) is 21.1 Å². The lowest BCUT2D eigenvalue weighted by Crippen LogP contribution is -2.50. The highest BCUT2D eigenvalue weighted by atomic mass is 127. The molecule has 0 aliphatic carbocycles. The molecule has 3 heterocycles. The van der Waals surface area contributed by atoms with Crippen LogP contribution in [0.25, 0.3) is 22.2 Å². The quantitative estimate of drug-likeness (QED) is 0.357. The highest BCUT2D eigenvalue weighted by molar-refractivity contribution is 14.2. The van der Waals surface area contributed by atoms with E-state index in [0.29, 0.717) is 13.1 Å². The molecule has 0 bridgehead atoms. The number of fused-ring (bicyclic) bond motifs is 1. The van der Waals surface area contributed by atoms with Crippen molar-refractivity contribution in [2.45, 2.75) is 33.3 Å². The number of methoxy groups -OCH3 is 1. The van der Waals surface area contributed by atoms with E-state index in [2.05, 4.69) is 67.5 Å². The number of hydrogen-bond donors (Lipinski definition) is 0. The number of piperazine rings is 1. The molecule has 0 unspecified atom stereocenters. The Bertz CT molecular complexity index is 1170. The summed E-state index contributed by atoms with van der Waals surface area (Å²) >= 11 is 2.27. The van der Waals surface area contributed by atoms with E-state index in [-0.39, 0.29) is 6.09 Å². The maximum absolute atomic E-state index is 12.4. The molecule has 3 aromatic rings. The number of rotatable bonds is 4. The smallest absolute Gasteiger partial charge is 0.410 e. The van der Waals surface area contributed by atoms with Crippen LogP contribution >= 0.6 is 30.3 Å². The Labute approximate surface area is 211 Å². The van der Waals surface area contributed by atoms with Crippen LogP contribution in [0.3, 0.4) is 0 Å². The third-order valence-electron chi connectivity index (χ3n) is 5.67. The molecule has 0 radical (unpaired) electrons. The molecular formula is C24H29IN4O3S. The maximum atomic E-state index is 12.4. The predicted molar refractivity (Wildman–Crippen MR) is 143 cm³/mol. The number of amides is 1. The van der Waals surface area contributed by atoms with Crippen molar-refractivity contribution in [3.05, 3.63) is 42.2 Å². The Balaban J connectivity index is 1.53. The number of aryl methyl sites for hydroxylation is 1. The van der Waals surface area contributed by atoms with Gasteiger partial charge in [-0.2, -0.15) is 0 Å². The lowest BCUT2D eigenvalue weighted by Gasteiger charge is -2.37. The first-order valence-electron chi connectivity index (χ1n) is 10.9. The van der Waals surface area contributed by atoms with Crippen molar-refractivity contribution in [1.29, 1.82) is 0 Å². The van der Waals surface area contributed by atoms with E-state index >= 15 is 0 Å². The molecule has 0 spiro atoms. The van der Waals surface area contributed by atoms with Crippen LogP contribution in [0.5, 0.6) is 5.75 Å². The molecule has 1 aliphatic rings. The van der Waals surface area contributed by atoms with E-state index in [9.17, 15) is 4.79 Å². The number of benzene rings is 1. The molecule has 4 rings (SSSR count). The Kier molecular flexibility index (Phi) is 6.99. The zero-order valence-electron chi connectivity index (χ0n) is 19.6. The van der Waals surface area contributed by atoms with Gasteiger partial charge >= 0.3 is 6.09 Å². The Morgan fingerprint density at radius 1 is 1.12 bits per heavy atom. The lowest BCUT2D eigenvalue weighted by molar-refractivity contribution is 0.0240. The summed E-state index contributed by atoms with van der Waals surface area (Å²) in [5.41, 5.74) is 4.84. The number of carbonyl (C=O) groups excluding carboxylic acids is 1. The second-order valence-electron chi connectivity index (χ2n) is 9.14. The van der Waals surface area contributed by atoms with Crippen LogP contribution in [-0.2, 0) is 4.74 Å².